The molecule has 0 saturated heterocycles. The molecule has 0 aliphatic heterocycles. The Morgan fingerprint density at radius 2 is 1.63 bits per heavy atom. The number of aromatic carboxylic acids is 1. The van der Waals surface area contributed by atoms with Gasteiger partial charge in [0, 0.05) is 11.9 Å². The van der Waals surface area contributed by atoms with Gasteiger partial charge in [-0.1, -0.05) is 26.0 Å². The van der Waals surface area contributed by atoms with Gasteiger partial charge < -0.3 is 9.84 Å². The molecule has 2 aromatic rings. The van der Waals surface area contributed by atoms with E-state index >= 15 is 0 Å². The lowest BCUT2D eigenvalue weighted by Crippen LogP contribution is -2.27. The van der Waals surface area contributed by atoms with Crippen LogP contribution in [0.5, 0.6) is 0 Å². The molecule has 8 heteroatoms. The second kappa shape index (κ2) is 9.75. The van der Waals surface area contributed by atoms with E-state index in [0.29, 0.717) is 16.8 Å². The van der Waals surface area contributed by atoms with Crippen molar-refractivity contribution in [1.29, 1.82) is 0 Å². The summed E-state index contributed by atoms with van der Waals surface area (Å²) in [6, 6.07) is 9.29. The number of sulfone groups is 1. The molecule has 2 N–H and O–H groups in total. The van der Waals surface area contributed by atoms with Crippen LogP contribution in [0.25, 0.3) is 11.1 Å². The first-order chi connectivity index (χ1) is 13.8. The maximum atomic E-state index is 12.0. The number of carbonyl (C=O) groups excluding carboxylic acids is 1. The van der Waals surface area contributed by atoms with E-state index in [2.05, 4.69) is 5.32 Å². The number of anilines is 1. The fourth-order valence-corrected chi connectivity index (χ4v) is 3.50. The Kier molecular flexibility index (Phi) is 8.18. The predicted molar refractivity (Wildman–Crippen MR) is 118 cm³/mol. The van der Waals surface area contributed by atoms with Crippen molar-refractivity contribution in [3.8, 4) is 11.1 Å². The molecular weight excluding hydrogens is 406 g/mol. The molecular formula is C22H29NO6S. The first kappa shape index (κ1) is 25.2. The summed E-state index contributed by atoms with van der Waals surface area (Å²) in [7, 11) is -3.74. The zero-order chi connectivity index (χ0) is 23.3. The zero-order valence-corrected chi connectivity index (χ0v) is 19.2. The van der Waals surface area contributed by atoms with Crippen LogP contribution >= 0.6 is 0 Å². The number of rotatable bonds is 4. The number of hydrogen-bond donors (Lipinski definition) is 2. The van der Waals surface area contributed by atoms with Gasteiger partial charge in [0.1, 0.15) is 5.60 Å². The second-order valence-corrected chi connectivity index (χ2v) is 9.43. The monoisotopic (exact) mass is 435 g/mol. The molecule has 0 aromatic heterocycles. The molecule has 0 aliphatic rings. The Morgan fingerprint density at radius 3 is 2.13 bits per heavy atom. The van der Waals surface area contributed by atoms with Gasteiger partial charge in [-0.05, 0) is 68.7 Å². The van der Waals surface area contributed by atoms with Crippen molar-refractivity contribution in [2.45, 2.75) is 52.0 Å². The maximum absolute atomic E-state index is 12.0. The molecule has 0 heterocycles. The second-order valence-electron chi connectivity index (χ2n) is 7.44. The van der Waals surface area contributed by atoms with Crippen molar-refractivity contribution in [2.75, 3.05) is 11.6 Å². The van der Waals surface area contributed by atoms with E-state index in [1.165, 1.54) is 18.2 Å². The predicted octanol–water partition coefficient (Wildman–Crippen LogP) is 5.14. The highest BCUT2D eigenvalue weighted by Gasteiger charge is 2.20. The minimum Gasteiger partial charge on any atom is -0.478 e. The summed E-state index contributed by atoms with van der Waals surface area (Å²) in [4.78, 5) is 23.1. The molecule has 2 rings (SSSR count). The zero-order valence-electron chi connectivity index (χ0n) is 18.4. The number of hydrogen-bond acceptors (Lipinski definition) is 5. The van der Waals surface area contributed by atoms with Gasteiger partial charge in [0.05, 0.1) is 10.5 Å². The van der Waals surface area contributed by atoms with Crippen molar-refractivity contribution in [2.24, 2.45) is 0 Å². The number of benzene rings is 2. The molecule has 1 amide bonds. The quantitative estimate of drug-likeness (QED) is 0.688. The minimum absolute atomic E-state index is 0.262. The average Bonchev–Trinajstić information content (AvgIpc) is 2.62. The average molecular weight is 436 g/mol. The topological polar surface area (TPSA) is 110 Å². The fraction of sp³-hybridized carbons (Fsp3) is 0.364. The Bertz CT molecular complexity index is 1040. The smallest absolute Gasteiger partial charge is 0.412 e. The van der Waals surface area contributed by atoms with E-state index in [9.17, 15) is 23.1 Å². The lowest BCUT2D eigenvalue weighted by Gasteiger charge is -2.20. The standard InChI is InChI=1S/C20H23NO6S.C2H6/c1-12-6-8-14(21-19(24)27-20(2,3)4)11-16(12)13-7-9-15(18(22)23)17(10-13)28(5,25)26;1-2/h6-11H,1-5H3,(H,21,24)(H,22,23);1-2H3. The first-order valence-corrected chi connectivity index (χ1v) is 11.4. The van der Waals surface area contributed by atoms with Crippen LogP contribution in [0.3, 0.4) is 0 Å². The molecule has 0 aliphatic carbocycles. The molecule has 30 heavy (non-hydrogen) atoms. The number of nitrogens with one attached hydrogen (secondary N) is 1. The van der Waals surface area contributed by atoms with E-state index < -0.39 is 27.5 Å². The van der Waals surface area contributed by atoms with Gasteiger partial charge in [-0.15, -0.1) is 0 Å². The molecule has 164 valence electrons. The normalized spacial score (nSPS) is 11.2. The van der Waals surface area contributed by atoms with Crippen LogP contribution < -0.4 is 5.32 Å². The summed E-state index contributed by atoms with van der Waals surface area (Å²) in [5, 5.41) is 11.9. The highest BCUT2D eigenvalue weighted by atomic mass is 32.2. The minimum atomic E-state index is -3.74. The van der Waals surface area contributed by atoms with Crippen molar-refractivity contribution < 1.29 is 27.9 Å². The van der Waals surface area contributed by atoms with E-state index in [1.54, 1.807) is 39.0 Å². The lowest BCUT2D eigenvalue weighted by atomic mass is 9.98. The van der Waals surface area contributed by atoms with Crippen LogP contribution in [0.4, 0.5) is 10.5 Å². The summed E-state index contributed by atoms with van der Waals surface area (Å²) >= 11 is 0. The molecule has 2 aromatic carbocycles. The van der Waals surface area contributed by atoms with E-state index in [1.807, 2.05) is 20.8 Å². The van der Waals surface area contributed by atoms with Crippen LogP contribution in [0.15, 0.2) is 41.3 Å². The van der Waals surface area contributed by atoms with Crippen LogP contribution in [-0.2, 0) is 14.6 Å². The van der Waals surface area contributed by atoms with Crippen molar-refractivity contribution >= 4 is 27.6 Å². The Labute approximate surface area is 178 Å². The van der Waals surface area contributed by atoms with Gasteiger partial charge in [0.15, 0.2) is 9.84 Å². The highest BCUT2D eigenvalue weighted by Crippen LogP contribution is 2.30. The molecule has 0 unspecified atom stereocenters. The van der Waals surface area contributed by atoms with Gasteiger partial charge in [-0.25, -0.2) is 18.0 Å². The van der Waals surface area contributed by atoms with Crippen LogP contribution in [-0.4, -0.2) is 37.4 Å². The third-order valence-corrected chi connectivity index (χ3v) is 4.94. The van der Waals surface area contributed by atoms with Crippen molar-refractivity contribution in [3.05, 3.63) is 47.5 Å². The number of amides is 1. The van der Waals surface area contributed by atoms with Crippen LogP contribution in [0.2, 0.25) is 0 Å². The van der Waals surface area contributed by atoms with E-state index in [-0.39, 0.29) is 10.5 Å². The number of carboxylic acid groups (broad SMARTS) is 1. The summed E-state index contributed by atoms with van der Waals surface area (Å²) in [6.07, 6.45) is 0.353. The lowest BCUT2D eigenvalue weighted by molar-refractivity contribution is 0.0634. The van der Waals surface area contributed by atoms with Crippen molar-refractivity contribution in [1.82, 2.24) is 0 Å². The van der Waals surface area contributed by atoms with Gasteiger partial charge in [0.2, 0.25) is 0 Å². The number of ether oxygens (including phenoxy) is 1. The third-order valence-electron chi connectivity index (χ3n) is 3.81. The van der Waals surface area contributed by atoms with E-state index in [4.69, 9.17) is 4.74 Å². The van der Waals surface area contributed by atoms with Crippen LogP contribution in [0, 0.1) is 6.92 Å². The molecule has 7 nitrogen and oxygen atoms in total. The summed E-state index contributed by atoms with van der Waals surface area (Å²) in [5.41, 5.74) is 1.56. The summed E-state index contributed by atoms with van der Waals surface area (Å²) < 4.78 is 29.3. The highest BCUT2D eigenvalue weighted by molar-refractivity contribution is 7.90. The van der Waals surface area contributed by atoms with Gasteiger partial charge in [0.25, 0.3) is 0 Å². The number of carboxylic acids is 1. The Hall–Kier alpha value is -2.87. The molecule has 0 spiro atoms. The third kappa shape index (κ3) is 6.88. The molecule has 0 atom stereocenters. The molecule has 0 bridgehead atoms. The maximum Gasteiger partial charge on any atom is 0.412 e. The molecule has 0 fully saturated rings. The summed E-state index contributed by atoms with van der Waals surface area (Å²) in [6.45, 7) is 11.1. The molecule has 0 saturated carbocycles. The van der Waals surface area contributed by atoms with Gasteiger partial charge >= 0.3 is 12.1 Å². The van der Waals surface area contributed by atoms with E-state index in [0.717, 1.165) is 11.8 Å². The first-order valence-electron chi connectivity index (χ1n) is 9.46. The van der Waals surface area contributed by atoms with Gasteiger partial charge in [-0.3, -0.25) is 5.32 Å². The molecule has 0 radical (unpaired) electrons. The SMILES string of the molecule is CC.Cc1ccc(NC(=O)OC(C)(C)C)cc1-c1ccc(C(=O)O)c(S(C)(=O)=O)c1. The Balaban J connectivity index is 0.00000218. The van der Waals surface area contributed by atoms with Crippen LogP contribution in [0.1, 0.15) is 50.5 Å². The number of aryl methyl sites for hydroxylation is 1. The van der Waals surface area contributed by atoms with Gasteiger partial charge in [-0.2, -0.15) is 0 Å². The Morgan fingerprint density at radius 1 is 1.03 bits per heavy atom. The van der Waals surface area contributed by atoms with Crippen molar-refractivity contribution in [3.63, 3.8) is 0 Å². The number of carbonyl (C=O) groups is 2. The fourth-order valence-electron chi connectivity index (χ4n) is 2.61. The largest absolute Gasteiger partial charge is 0.478 e. The summed E-state index contributed by atoms with van der Waals surface area (Å²) in [5.74, 6) is -1.32.